The Morgan fingerprint density at radius 3 is 2.67 bits per heavy atom. The van der Waals surface area contributed by atoms with Gasteiger partial charge in [-0.3, -0.25) is 0 Å². The first kappa shape index (κ1) is 9.22. The summed E-state index contributed by atoms with van der Waals surface area (Å²) in [5, 5.41) is 0.243. The van der Waals surface area contributed by atoms with Gasteiger partial charge in [-0.25, -0.2) is 9.82 Å². The van der Waals surface area contributed by atoms with Gasteiger partial charge in [0, 0.05) is 6.07 Å². The van der Waals surface area contributed by atoms with Crippen LogP contribution >= 0.6 is 23.2 Å². The largest absolute Gasteiger partial charge is 0.353 e. The van der Waals surface area contributed by atoms with Crippen LogP contribution < -0.4 is 0 Å². The van der Waals surface area contributed by atoms with Gasteiger partial charge in [0.1, 0.15) is 5.15 Å². The fourth-order valence-corrected chi connectivity index (χ4v) is 1.05. The maximum atomic E-state index is 10.9. The smallest absolute Gasteiger partial charge is 0.230 e. The van der Waals surface area contributed by atoms with Crippen LogP contribution in [0, 0.1) is 4.91 Å². The highest BCUT2D eigenvalue weighted by Crippen LogP contribution is 2.23. The lowest BCUT2D eigenvalue weighted by atomic mass is 10.4. The summed E-state index contributed by atoms with van der Waals surface area (Å²) in [7, 11) is 1.23. The molecule has 0 atom stereocenters. The first-order chi connectivity index (χ1) is 5.65. The molecule has 0 aromatic carbocycles. The molecule has 0 radical (unpaired) electrons. The molecule has 0 aliphatic rings. The molecule has 1 aromatic heterocycles. The highest BCUT2D eigenvalue weighted by Gasteiger charge is 2.20. The quantitative estimate of drug-likeness (QED) is 0.553. The van der Waals surface area contributed by atoms with E-state index < -0.39 is 0 Å². The summed E-state index contributed by atoms with van der Waals surface area (Å²) in [5.74, 6) is 0. The van der Waals surface area contributed by atoms with E-state index in [2.05, 4.69) is 9.82 Å². The van der Waals surface area contributed by atoms with Gasteiger partial charge in [0.15, 0.2) is 7.11 Å². The normalized spacial score (nSPS) is 9.58. The molecule has 0 saturated heterocycles. The Labute approximate surface area is 78.6 Å². The molecule has 0 aliphatic heterocycles. The Bertz CT molecular complexity index is 316. The Morgan fingerprint density at radius 1 is 1.50 bits per heavy atom. The van der Waals surface area contributed by atoms with Crippen LogP contribution in [0.5, 0.6) is 0 Å². The van der Waals surface area contributed by atoms with E-state index in [1.165, 1.54) is 19.2 Å². The summed E-state index contributed by atoms with van der Waals surface area (Å²) in [4.78, 5) is 19.1. The van der Waals surface area contributed by atoms with Crippen LogP contribution in [0.3, 0.4) is 0 Å². The fourth-order valence-electron chi connectivity index (χ4n) is 0.639. The van der Waals surface area contributed by atoms with Crippen LogP contribution in [0.15, 0.2) is 12.1 Å². The minimum absolute atomic E-state index is 0.0133. The lowest BCUT2D eigenvalue weighted by Gasteiger charge is -1.91. The van der Waals surface area contributed by atoms with Gasteiger partial charge in [0.05, 0.1) is 4.91 Å². The minimum Gasteiger partial charge on any atom is -0.230 e. The second-order valence-corrected chi connectivity index (χ2v) is 2.63. The maximum absolute atomic E-state index is 10.9. The van der Waals surface area contributed by atoms with Gasteiger partial charge < -0.3 is 0 Å². The van der Waals surface area contributed by atoms with Crippen LogP contribution in [0.1, 0.15) is 0 Å². The predicted molar refractivity (Wildman–Crippen MR) is 44.6 cm³/mol. The van der Waals surface area contributed by atoms with Crippen molar-refractivity contribution < 1.29 is 9.76 Å². The third kappa shape index (κ3) is 1.84. The monoisotopic (exact) mass is 207 g/mol. The molecule has 0 bridgehead atoms. The van der Waals surface area contributed by atoms with Gasteiger partial charge in [0.2, 0.25) is 5.15 Å². The molecule has 1 rings (SSSR count). The van der Waals surface area contributed by atoms with Gasteiger partial charge >= 0.3 is 5.69 Å². The third-order valence-corrected chi connectivity index (χ3v) is 1.65. The molecular weight excluding hydrogens is 203 g/mol. The van der Waals surface area contributed by atoms with Gasteiger partial charge in [-0.15, -0.1) is 0 Å². The summed E-state index contributed by atoms with van der Waals surface area (Å²) in [5.41, 5.74) is 0.128. The number of hydrogen-bond donors (Lipinski definition) is 0. The van der Waals surface area contributed by atoms with Crippen molar-refractivity contribution in [1.82, 2.24) is 4.98 Å². The van der Waals surface area contributed by atoms with E-state index in [9.17, 15) is 4.91 Å². The Morgan fingerprint density at radius 2 is 2.17 bits per heavy atom. The highest BCUT2D eigenvalue weighted by molar-refractivity contribution is 6.33. The molecule has 0 aliphatic carbocycles. The van der Waals surface area contributed by atoms with Crippen LogP contribution in [-0.4, -0.2) is 17.0 Å². The number of pyridine rings is 1. The van der Waals surface area contributed by atoms with Crippen molar-refractivity contribution in [3.63, 3.8) is 0 Å². The Balaban J connectivity index is 3.09. The molecule has 0 unspecified atom stereocenters. The van der Waals surface area contributed by atoms with Crippen molar-refractivity contribution in [3.8, 4) is 0 Å². The van der Waals surface area contributed by atoms with E-state index in [0.717, 1.165) is 0 Å². The van der Waals surface area contributed by atoms with Crippen molar-refractivity contribution in [1.29, 1.82) is 0 Å². The molecule has 6 heteroatoms. The van der Waals surface area contributed by atoms with Crippen LogP contribution in [0.4, 0.5) is 5.69 Å². The second kappa shape index (κ2) is 3.69. The average molecular weight is 208 g/mol. The van der Waals surface area contributed by atoms with Crippen LogP contribution in [0.25, 0.3) is 0 Å². The third-order valence-electron chi connectivity index (χ3n) is 1.16. The molecular formula is C6H5Cl2N2O2+. The number of hydrogen-bond acceptors (Lipinski definition) is 3. The van der Waals surface area contributed by atoms with Crippen LogP contribution in [0.2, 0.25) is 10.3 Å². The zero-order chi connectivity index (χ0) is 9.14. The van der Waals surface area contributed by atoms with E-state index in [4.69, 9.17) is 23.2 Å². The number of halogens is 2. The average Bonchev–Trinajstić information content (AvgIpc) is 2.03. The zero-order valence-electron chi connectivity index (χ0n) is 6.12. The summed E-state index contributed by atoms with van der Waals surface area (Å²) in [6, 6.07) is 2.88. The fraction of sp³-hybridized carbons (Fsp3) is 0.167. The van der Waals surface area contributed by atoms with Crippen molar-refractivity contribution in [2.24, 2.45) is 0 Å². The molecule has 0 amide bonds. The highest BCUT2D eigenvalue weighted by atomic mass is 35.5. The first-order valence-corrected chi connectivity index (χ1v) is 3.74. The predicted octanol–water partition coefficient (Wildman–Crippen LogP) is 2.36. The van der Waals surface area contributed by atoms with E-state index in [-0.39, 0.29) is 20.9 Å². The van der Waals surface area contributed by atoms with E-state index in [1.54, 1.807) is 0 Å². The van der Waals surface area contributed by atoms with Crippen molar-refractivity contribution >= 4 is 28.9 Å². The van der Waals surface area contributed by atoms with Crippen molar-refractivity contribution in [2.45, 2.75) is 0 Å². The van der Waals surface area contributed by atoms with Crippen LogP contribution in [-0.2, 0) is 4.84 Å². The molecule has 0 saturated carbocycles. The topological polar surface area (TPSA) is 42.2 Å². The van der Waals surface area contributed by atoms with Crippen molar-refractivity contribution in [3.05, 3.63) is 27.3 Å². The van der Waals surface area contributed by atoms with E-state index in [1.807, 2.05) is 0 Å². The molecule has 0 N–H and O–H groups in total. The zero-order valence-corrected chi connectivity index (χ0v) is 7.63. The van der Waals surface area contributed by atoms with Gasteiger partial charge in [-0.05, 0) is 6.07 Å². The summed E-state index contributed by atoms with van der Waals surface area (Å²) >= 11 is 11.1. The summed E-state index contributed by atoms with van der Waals surface area (Å²) < 4.78 is 0. The number of rotatable bonds is 2. The molecule has 64 valence electrons. The molecule has 0 fully saturated rings. The Hall–Kier alpha value is -0.870. The lowest BCUT2D eigenvalue weighted by Crippen LogP contribution is -1.99. The lowest BCUT2D eigenvalue weighted by molar-refractivity contribution is -0.736. The van der Waals surface area contributed by atoms with Gasteiger partial charge in [0.25, 0.3) is 4.92 Å². The van der Waals surface area contributed by atoms with E-state index in [0.29, 0.717) is 0 Å². The second-order valence-electron chi connectivity index (χ2n) is 1.88. The molecule has 12 heavy (non-hydrogen) atoms. The van der Waals surface area contributed by atoms with E-state index >= 15 is 0 Å². The molecule has 1 heterocycles. The van der Waals surface area contributed by atoms with Gasteiger partial charge in [-0.1, -0.05) is 23.2 Å². The maximum Gasteiger partial charge on any atom is 0.353 e. The molecule has 1 aromatic rings. The summed E-state index contributed by atoms with van der Waals surface area (Å²) in [6.07, 6.45) is 0. The molecule has 4 nitrogen and oxygen atoms in total. The standard InChI is InChI=1S/C6H5Cl2N2O2/c1-12-10(11)4-2-3-5(7)9-6(4)8/h2-3H,1H3/q+1. The minimum atomic E-state index is 0.0133. The van der Waals surface area contributed by atoms with Gasteiger partial charge in [-0.2, -0.15) is 0 Å². The summed E-state index contributed by atoms with van der Waals surface area (Å²) in [6.45, 7) is 0. The molecule has 0 spiro atoms. The number of aromatic nitrogens is 1. The number of nitrogens with zero attached hydrogens (tertiary/aromatic N) is 2. The SMILES string of the molecule is CO[N+](=O)c1ccc(Cl)nc1Cl. The first-order valence-electron chi connectivity index (χ1n) is 2.98. The Kier molecular flexibility index (Phi) is 2.83. The van der Waals surface area contributed by atoms with Crippen molar-refractivity contribution in [2.75, 3.05) is 7.11 Å².